The zero-order chi connectivity index (χ0) is 12.1. The molecule has 0 bridgehead atoms. The van der Waals surface area contributed by atoms with Gasteiger partial charge in [-0.3, -0.25) is 4.79 Å². The first-order valence-electron chi connectivity index (χ1n) is 5.84. The van der Waals surface area contributed by atoms with Gasteiger partial charge in [-0.15, -0.1) is 0 Å². The van der Waals surface area contributed by atoms with Gasteiger partial charge in [-0.1, -0.05) is 12.1 Å². The van der Waals surface area contributed by atoms with Gasteiger partial charge in [-0.25, -0.2) is 0 Å². The highest BCUT2D eigenvalue weighted by Gasteiger charge is 2.19. The molecule has 1 N–H and O–H groups in total. The molecule has 1 amide bonds. The van der Waals surface area contributed by atoms with Gasteiger partial charge in [0.15, 0.2) is 0 Å². The van der Waals surface area contributed by atoms with E-state index in [4.69, 9.17) is 9.47 Å². The van der Waals surface area contributed by atoms with Gasteiger partial charge in [0.1, 0.15) is 5.75 Å². The van der Waals surface area contributed by atoms with Crippen molar-refractivity contribution in [1.29, 1.82) is 0 Å². The fourth-order valence-corrected chi connectivity index (χ4v) is 1.96. The molecular formula is C13H17NO3. The van der Waals surface area contributed by atoms with Gasteiger partial charge in [0.2, 0.25) is 5.91 Å². The van der Waals surface area contributed by atoms with Gasteiger partial charge in [-0.05, 0) is 25.0 Å². The summed E-state index contributed by atoms with van der Waals surface area (Å²) in [6.45, 7) is 0.770. The lowest BCUT2D eigenvalue weighted by Gasteiger charge is -2.12. The van der Waals surface area contributed by atoms with Crippen LogP contribution in [0.3, 0.4) is 0 Å². The number of para-hydroxylation sites is 2. The summed E-state index contributed by atoms with van der Waals surface area (Å²) in [5, 5.41) is 2.84. The number of hydrogen-bond acceptors (Lipinski definition) is 3. The summed E-state index contributed by atoms with van der Waals surface area (Å²) in [7, 11) is 1.59. The first-order chi connectivity index (χ1) is 8.29. The molecule has 1 aromatic carbocycles. The standard InChI is InChI=1S/C13H17NO3/c1-16-12-7-3-2-6-11(12)14-13(15)9-10-5-4-8-17-10/h2-3,6-7,10H,4-5,8-9H2,1H3,(H,14,15)/t10-/m0/s1. The van der Waals surface area contributed by atoms with Gasteiger partial charge in [-0.2, -0.15) is 0 Å². The Morgan fingerprint density at radius 1 is 1.53 bits per heavy atom. The van der Waals surface area contributed by atoms with Gasteiger partial charge in [0.25, 0.3) is 0 Å². The molecule has 0 spiro atoms. The average Bonchev–Trinajstić information content (AvgIpc) is 2.82. The van der Waals surface area contributed by atoms with Gasteiger partial charge >= 0.3 is 0 Å². The van der Waals surface area contributed by atoms with E-state index < -0.39 is 0 Å². The highest BCUT2D eigenvalue weighted by molar-refractivity contribution is 5.92. The minimum absolute atomic E-state index is 0.0265. The van der Waals surface area contributed by atoms with Crippen molar-refractivity contribution in [3.8, 4) is 5.75 Å². The molecule has 1 heterocycles. The predicted molar refractivity (Wildman–Crippen MR) is 65.2 cm³/mol. The number of hydrogen-bond donors (Lipinski definition) is 1. The lowest BCUT2D eigenvalue weighted by atomic mass is 10.1. The van der Waals surface area contributed by atoms with E-state index in [1.54, 1.807) is 7.11 Å². The molecule has 0 saturated carbocycles. The van der Waals surface area contributed by atoms with Crippen molar-refractivity contribution in [3.05, 3.63) is 24.3 Å². The molecular weight excluding hydrogens is 218 g/mol. The van der Waals surface area contributed by atoms with Crippen LogP contribution in [0.5, 0.6) is 5.75 Å². The summed E-state index contributed by atoms with van der Waals surface area (Å²) < 4.78 is 10.6. The van der Waals surface area contributed by atoms with E-state index in [1.165, 1.54) is 0 Å². The summed E-state index contributed by atoms with van der Waals surface area (Å²) in [6.07, 6.45) is 2.51. The Balaban J connectivity index is 1.92. The third kappa shape index (κ3) is 3.20. The summed E-state index contributed by atoms with van der Waals surface area (Å²) in [5.74, 6) is 0.648. The Hall–Kier alpha value is -1.55. The quantitative estimate of drug-likeness (QED) is 0.870. The molecule has 1 aliphatic rings. The fraction of sp³-hybridized carbons (Fsp3) is 0.462. The molecule has 1 atom stereocenters. The Morgan fingerprint density at radius 2 is 2.35 bits per heavy atom. The van der Waals surface area contributed by atoms with Crippen molar-refractivity contribution in [2.45, 2.75) is 25.4 Å². The van der Waals surface area contributed by atoms with Crippen LogP contribution >= 0.6 is 0 Å². The molecule has 1 aromatic rings. The van der Waals surface area contributed by atoms with E-state index in [9.17, 15) is 4.79 Å². The van der Waals surface area contributed by atoms with Crippen molar-refractivity contribution in [1.82, 2.24) is 0 Å². The molecule has 4 nitrogen and oxygen atoms in total. The SMILES string of the molecule is COc1ccccc1NC(=O)C[C@@H]1CCCO1. The summed E-state index contributed by atoms with van der Waals surface area (Å²) in [5.41, 5.74) is 0.706. The highest BCUT2D eigenvalue weighted by Crippen LogP contribution is 2.24. The van der Waals surface area contributed by atoms with Crippen molar-refractivity contribution < 1.29 is 14.3 Å². The second-order valence-corrected chi connectivity index (χ2v) is 4.09. The number of anilines is 1. The molecule has 17 heavy (non-hydrogen) atoms. The first kappa shape index (κ1) is 11.9. The largest absolute Gasteiger partial charge is 0.495 e. The summed E-state index contributed by atoms with van der Waals surface area (Å²) in [4.78, 5) is 11.8. The van der Waals surface area contributed by atoms with Gasteiger partial charge in [0.05, 0.1) is 25.3 Å². The Morgan fingerprint density at radius 3 is 3.06 bits per heavy atom. The van der Waals surface area contributed by atoms with Gasteiger partial charge < -0.3 is 14.8 Å². The van der Waals surface area contributed by atoms with E-state index in [0.29, 0.717) is 17.9 Å². The lowest BCUT2D eigenvalue weighted by Crippen LogP contribution is -2.19. The Labute approximate surface area is 101 Å². The zero-order valence-corrected chi connectivity index (χ0v) is 9.94. The maximum Gasteiger partial charge on any atom is 0.227 e. The minimum Gasteiger partial charge on any atom is -0.495 e. The van der Waals surface area contributed by atoms with Crippen LogP contribution in [0.25, 0.3) is 0 Å². The molecule has 1 aliphatic heterocycles. The van der Waals surface area contributed by atoms with E-state index in [-0.39, 0.29) is 12.0 Å². The van der Waals surface area contributed by atoms with Crippen molar-refractivity contribution in [2.75, 3.05) is 19.0 Å². The number of rotatable bonds is 4. The lowest BCUT2D eigenvalue weighted by molar-refractivity contribution is -0.118. The smallest absolute Gasteiger partial charge is 0.227 e. The first-order valence-corrected chi connectivity index (χ1v) is 5.84. The molecule has 0 unspecified atom stereocenters. The van der Waals surface area contributed by atoms with Crippen LogP contribution in [0, 0.1) is 0 Å². The van der Waals surface area contributed by atoms with Crippen molar-refractivity contribution >= 4 is 11.6 Å². The molecule has 0 aliphatic carbocycles. The second-order valence-electron chi connectivity index (χ2n) is 4.09. The Bertz CT molecular complexity index is 386. The Kier molecular flexibility index (Phi) is 3.98. The highest BCUT2D eigenvalue weighted by atomic mass is 16.5. The zero-order valence-electron chi connectivity index (χ0n) is 9.94. The number of benzene rings is 1. The van der Waals surface area contributed by atoms with E-state index in [0.717, 1.165) is 19.4 Å². The minimum atomic E-state index is -0.0265. The summed E-state index contributed by atoms with van der Waals surface area (Å²) in [6, 6.07) is 7.38. The van der Waals surface area contributed by atoms with Crippen LogP contribution in [-0.4, -0.2) is 25.7 Å². The molecule has 1 fully saturated rings. The second kappa shape index (κ2) is 5.68. The molecule has 4 heteroatoms. The van der Waals surface area contributed by atoms with Crippen molar-refractivity contribution in [2.24, 2.45) is 0 Å². The molecule has 2 rings (SSSR count). The van der Waals surface area contributed by atoms with Crippen LogP contribution in [0.15, 0.2) is 24.3 Å². The topological polar surface area (TPSA) is 47.6 Å². The van der Waals surface area contributed by atoms with Crippen LogP contribution in [0.2, 0.25) is 0 Å². The van der Waals surface area contributed by atoms with Crippen LogP contribution in [-0.2, 0) is 9.53 Å². The maximum absolute atomic E-state index is 11.8. The summed E-state index contributed by atoms with van der Waals surface area (Å²) >= 11 is 0. The normalized spacial score (nSPS) is 19.0. The molecule has 92 valence electrons. The van der Waals surface area contributed by atoms with Crippen molar-refractivity contribution in [3.63, 3.8) is 0 Å². The van der Waals surface area contributed by atoms with E-state index >= 15 is 0 Å². The monoisotopic (exact) mass is 235 g/mol. The van der Waals surface area contributed by atoms with E-state index in [1.807, 2.05) is 24.3 Å². The number of ether oxygens (including phenoxy) is 2. The van der Waals surface area contributed by atoms with Crippen LogP contribution in [0.1, 0.15) is 19.3 Å². The number of amides is 1. The van der Waals surface area contributed by atoms with Crippen LogP contribution < -0.4 is 10.1 Å². The molecule has 0 aromatic heterocycles. The molecule has 1 saturated heterocycles. The van der Waals surface area contributed by atoms with Gasteiger partial charge in [0, 0.05) is 6.61 Å². The number of carbonyl (C=O) groups is 1. The average molecular weight is 235 g/mol. The van der Waals surface area contributed by atoms with Crippen LogP contribution in [0.4, 0.5) is 5.69 Å². The number of methoxy groups -OCH3 is 1. The predicted octanol–water partition coefficient (Wildman–Crippen LogP) is 2.20. The number of carbonyl (C=O) groups excluding carboxylic acids is 1. The third-order valence-corrected chi connectivity index (χ3v) is 2.82. The third-order valence-electron chi connectivity index (χ3n) is 2.82. The fourth-order valence-electron chi connectivity index (χ4n) is 1.96. The number of nitrogens with one attached hydrogen (secondary N) is 1. The molecule has 0 radical (unpaired) electrons. The maximum atomic E-state index is 11.8. The van der Waals surface area contributed by atoms with E-state index in [2.05, 4.69) is 5.32 Å².